The number of nitrogens with one attached hydrogen (secondary N) is 1. The van der Waals surface area contributed by atoms with Gasteiger partial charge in [0.1, 0.15) is 18.3 Å². The summed E-state index contributed by atoms with van der Waals surface area (Å²) in [5, 5.41) is 3.06. The summed E-state index contributed by atoms with van der Waals surface area (Å²) in [6.45, 7) is 10.8. The van der Waals surface area contributed by atoms with Crippen molar-refractivity contribution in [3.63, 3.8) is 0 Å². The third-order valence-electron chi connectivity index (χ3n) is 7.64. The Labute approximate surface area is 279 Å². The molecule has 0 aliphatic rings. The minimum absolute atomic E-state index is 0.0519. The summed E-state index contributed by atoms with van der Waals surface area (Å²) >= 11 is 0. The molecule has 0 bridgehead atoms. The number of methoxy groups -OCH3 is 1. The van der Waals surface area contributed by atoms with Gasteiger partial charge in [0, 0.05) is 18.5 Å². The summed E-state index contributed by atoms with van der Waals surface area (Å²) < 4.78 is 35.2. The molecule has 4 rings (SSSR count). The number of aryl methyl sites for hydroxylation is 3. The van der Waals surface area contributed by atoms with Gasteiger partial charge in [0.25, 0.3) is 10.0 Å². The topological polar surface area (TPSA) is 96.0 Å². The summed E-state index contributed by atoms with van der Waals surface area (Å²) in [4.78, 5) is 30.3. The zero-order chi connectivity index (χ0) is 34.4. The molecule has 4 aromatic carbocycles. The van der Waals surface area contributed by atoms with Crippen molar-refractivity contribution in [1.29, 1.82) is 0 Å². The Hall–Kier alpha value is -4.63. The number of ether oxygens (including phenoxy) is 1. The lowest BCUT2D eigenvalue weighted by Crippen LogP contribution is -2.56. The number of carbonyl (C=O) groups excluding carboxylic acids is 2. The van der Waals surface area contributed by atoms with E-state index in [4.69, 9.17) is 4.74 Å². The van der Waals surface area contributed by atoms with Crippen molar-refractivity contribution in [3.8, 4) is 5.75 Å². The largest absolute Gasteiger partial charge is 0.497 e. The number of sulfonamides is 1. The average Bonchev–Trinajstić information content (AvgIpc) is 3.00. The van der Waals surface area contributed by atoms with Gasteiger partial charge in [-0.1, -0.05) is 66.2 Å². The van der Waals surface area contributed by atoms with Crippen LogP contribution in [0.3, 0.4) is 0 Å². The van der Waals surface area contributed by atoms with E-state index in [2.05, 4.69) is 5.32 Å². The summed E-state index contributed by atoms with van der Waals surface area (Å²) in [6.07, 6.45) is 0.229. The molecule has 0 aliphatic heterocycles. The van der Waals surface area contributed by atoms with Gasteiger partial charge in [-0.2, -0.15) is 0 Å². The van der Waals surface area contributed by atoms with Crippen LogP contribution >= 0.6 is 0 Å². The lowest BCUT2D eigenvalue weighted by atomic mass is 10.0. The fraction of sp³-hybridized carbons (Fsp3) is 0.316. The van der Waals surface area contributed by atoms with Gasteiger partial charge in [-0.3, -0.25) is 13.9 Å². The molecule has 9 heteroatoms. The molecular formula is C38H45N3O5S. The number of hydrogen-bond donors (Lipinski definition) is 1. The van der Waals surface area contributed by atoms with Crippen molar-refractivity contribution in [2.24, 2.45) is 0 Å². The first-order valence-electron chi connectivity index (χ1n) is 15.6. The number of hydrogen-bond acceptors (Lipinski definition) is 5. The van der Waals surface area contributed by atoms with Crippen LogP contribution in [0.5, 0.6) is 5.75 Å². The molecule has 248 valence electrons. The Bertz CT molecular complexity index is 1780. The van der Waals surface area contributed by atoms with Crippen LogP contribution in [0, 0.1) is 20.8 Å². The van der Waals surface area contributed by atoms with Gasteiger partial charge in [-0.25, -0.2) is 8.42 Å². The molecule has 0 radical (unpaired) electrons. The molecule has 0 spiro atoms. The molecule has 2 amide bonds. The second-order valence-corrected chi connectivity index (χ2v) is 14.9. The quantitative estimate of drug-likeness (QED) is 0.191. The molecule has 1 atom stereocenters. The van der Waals surface area contributed by atoms with E-state index in [0.717, 1.165) is 32.1 Å². The lowest BCUT2D eigenvalue weighted by Gasteiger charge is -2.35. The van der Waals surface area contributed by atoms with Gasteiger partial charge in [0.15, 0.2) is 0 Å². The Morgan fingerprint density at radius 3 is 2.00 bits per heavy atom. The van der Waals surface area contributed by atoms with E-state index in [-0.39, 0.29) is 23.8 Å². The molecule has 47 heavy (non-hydrogen) atoms. The first kappa shape index (κ1) is 35.2. The average molecular weight is 656 g/mol. The van der Waals surface area contributed by atoms with Crippen molar-refractivity contribution in [3.05, 3.63) is 125 Å². The normalized spacial score (nSPS) is 12.2. The smallest absolute Gasteiger partial charge is 0.264 e. The van der Waals surface area contributed by atoms with Gasteiger partial charge in [0.2, 0.25) is 11.8 Å². The van der Waals surface area contributed by atoms with E-state index in [9.17, 15) is 18.0 Å². The number of carbonyl (C=O) groups is 2. The number of amides is 2. The number of anilines is 1. The van der Waals surface area contributed by atoms with E-state index in [1.165, 1.54) is 4.90 Å². The summed E-state index contributed by atoms with van der Waals surface area (Å²) in [5.74, 6) is -0.253. The maximum Gasteiger partial charge on any atom is 0.264 e. The minimum atomic E-state index is -4.18. The summed E-state index contributed by atoms with van der Waals surface area (Å²) in [7, 11) is -2.62. The monoisotopic (exact) mass is 655 g/mol. The highest BCUT2D eigenvalue weighted by atomic mass is 32.2. The van der Waals surface area contributed by atoms with Gasteiger partial charge >= 0.3 is 0 Å². The highest BCUT2D eigenvalue weighted by molar-refractivity contribution is 7.92. The van der Waals surface area contributed by atoms with Gasteiger partial charge in [0.05, 0.1) is 17.7 Å². The summed E-state index contributed by atoms with van der Waals surface area (Å²) in [5.41, 5.74) is 4.03. The highest BCUT2D eigenvalue weighted by Gasteiger charge is 2.35. The fourth-order valence-electron chi connectivity index (χ4n) is 5.44. The van der Waals surface area contributed by atoms with Crippen molar-refractivity contribution in [2.45, 2.75) is 71.0 Å². The Morgan fingerprint density at radius 1 is 0.787 bits per heavy atom. The molecule has 0 aromatic heterocycles. The summed E-state index contributed by atoms with van der Waals surface area (Å²) in [6, 6.07) is 27.9. The zero-order valence-corrected chi connectivity index (χ0v) is 29.1. The van der Waals surface area contributed by atoms with E-state index < -0.39 is 34.1 Å². The predicted molar refractivity (Wildman–Crippen MR) is 187 cm³/mol. The molecule has 0 heterocycles. The zero-order valence-electron chi connectivity index (χ0n) is 28.3. The van der Waals surface area contributed by atoms with Crippen LogP contribution < -0.4 is 14.4 Å². The SMILES string of the molecule is COc1cccc(CN(C(=O)CN(c2cc(C)cc(C)c2)S(=O)(=O)c2ccc(C)cc2)[C@H](Cc2ccccc2)C(=O)NC(C)(C)C)c1. The van der Waals surface area contributed by atoms with Gasteiger partial charge in [-0.05, 0) is 100 Å². The predicted octanol–water partition coefficient (Wildman–Crippen LogP) is 6.37. The first-order valence-corrected chi connectivity index (χ1v) is 17.1. The standard InChI is InChI=1S/C38H45N3O5S/c1-27-16-18-34(19-17-27)47(44,45)41(32-21-28(2)20-29(3)22-32)26-36(42)40(25-31-14-11-15-33(23-31)46-7)35(37(43)39-38(4,5)6)24-30-12-9-8-10-13-30/h8-23,35H,24-26H2,1-7H3,(H,39,43)/t35-/m1/s1. The highest BCUT2D eigenvalue weighted by Crippen LogP contribution is 2.28. The van der Waals surface area contributed by atoms with Crippen molar-refractivity contribution < 1.29 is 22.7 Å². The maximum atomic E-state index is 14.7. The number of nitrogens with zero attached hydrogens (tertiary/aromatic N) is 2. The second-order valence-electron chi connectivity index (χ2n) is 13.0. The Morgan fingerprint density at radius 2 is 1.40 bits per heavy atom. The second kappa shape index (κ2) is 14.9. The van der Waals surface area contributed by atoms with E-state index >= 15 is 0 Å². The van der Waals surface area contributed by atoms with Crippen LogP contribution in [-0.4, -0.2) is 50.4 Å². The molecular weight excluding hydrogens is 611 g/mol. The van der Waals surface area contributed by atoms with Crippen LogP contribution in [0.15, 0.2) is 102 Å². The van der Waals surface area contributed by atoms with E-state index in [1.54, 1.807) is 49.6 Å². The van der Waals surface area contributed by atoms with Crippen LogP contribution in [0.25, 0.3) is 0 Å². The Kier molecular flexibility index (Phi) is 11.1. The van der Waals surface area contributed by atoms with Crippen LogP contribution in [0.1, 0.15) is 48.6 Å². The minimum Gasteiger partial charge on any atom is -0.497 e. The van der Waals surface area contributed by atoms with Gasteiger partial charge < -0.3 is 15.0 Å². The van der Waals surface area contributed by atoms with E-state index in [0.29, 0.717) is 11.4 Å². The lowest BCUT2D eigenvalue weighted by molar-refractivity contribution is -0.140. The molecule has 1 N–H and O–H groups in total. The Balaban J connectivity index is 1.85. The maximum absolute atomic E-state index is 14.7. The van der Waals surface area contributed by atoms with Crippen molar-refractivity contribution >= 4 is 27.5 Å². The third kappa shape index (κ3) is 9.45. The van der Waals surface area contributed by atoms with Crippen LogP contribution in [0.4, 0.5) is 5.69 Å². The van der Waals surface area contributed by atoms with Crippen LogP contribution in [-0.2, 0) is 32.6 Å². The number of rotatable bonds is 12. The molecule has 4 aromatic rings. The van der Waals surface area contributed by atoms with Gasteiger partial charge in [-0.15, -0.1) is 0 Å². The van der Waals surface area contributed by atoms with Crippen molar-refractivity contribution in [2.75, 3.05) is 18.0 Å². The molecule has 0 aliphatic carbocycles. The molecule has 0 fully saturated rings. The molecule has 0 saturated carbocycles. The number of benzene rings is 4. The third-order valence-corrected chi connectivity index (χ3v) is 9.43. The first-order chi connectivity index (χ1) is 22.2. The molecule has 0 saturated heterocycles. The van der Waals surface area contributed by atoms with E-state index in [1.807, 2.05) is 96.1 Å². The molecule has 8 nitrogen and oxygen atoms in total. The molecule has 0 unspecified atom stereocenters. The van der Waals surface area contributed by atoms with Crippen LogP contribution in [0.2, 0.25) is 0 Å². The van der Waals surface area contributed by atoms with Crippen molar-refractivity contribution in [1.82, 2.24) is 10.2 Å². The fourth-order valence-corrected chi connectivity index (χ4v) is 6.83.